The first-order valence-corrected chi connectivity index (χ1v) is 3.94. The zero-order valence-corrected chi connectivity index (χ0v) is 6.90. The second-order valence-corrected chi connectivity index (χ2v) is 3.21. The van der Waals surface area contributed by atoms with Gasteiger partial charge in [0.25, 0.3) is 0 Å². The van der Waals surface area contributed by atoms with Gasteiger partial charge < -0.3 is 11.1 Å². The average Bonchev–Trinajstić information content (AvgIpc) is 2.34. The van der Waals surface area contributed by atoms with Gasteiger partial charge in [0, 0.05) is 17.1 Å². The molecule has 0 aliphatic rings. The van der Waals surface area contributed by atoms with Gasteiger partial charge in [0.15, 0.2) is 5.13 Å². The molecular weight excluding hydrogens is 146 g/mol. The Morgan fingerprint density at radius 2 is 2.50 bits per heavy atom. The minimum atomic E-state index is 0.356. The number of nitrogens with zero attached hydrogens (tertiary/aromatic N) is 1. The molecule has 3 N–H and O–H groups in total. The minimum Gasteiger partial charge on any atom is -0.375 e. The monoisotopic (exact) mass is 157 g/mol. The highest BCUT2D eigenvalue weighted by Crippen LogP contribution is 2.20. The van der Waals surface area contributed by atoms with Crippen LogP contribution in [-0.2, 0) is 0 Å². The zero-order chi connectivity index (χ0) is 7.56. The normalized spacial score (nSPS) is 13.4. The van der Waals surface area contributed by atoms with Crippen molar-refractivity contribution in [2.24, 2.45) is 0 Å². The van der Waals surface area contributed by atoms with Crippen LogP contribution in [0, 0.1) is 0 Å². The van der Waals surface area contributed by atoms with E-state index >= 15 is 0 Å². The van der Waals surface area contributed by atoms with Crippen LogP contribution >= 0.6 is 11.3 Å². The Balaban J connectivity index is 2.74. The third-order valence-electron chi connectivity index (χ3n) is 1.40. The molecule has 1 unspecified atom stereocenters. The molecule has 1 aromatic heterocycles. The number of rotatable bonds is 2. The summed E-state index contributed by atoms with van der Waals surface area (Å²) in [5.74, 6) is 0. The van der Waals surface area contributed by atoms with Crippen molar-refractivity contribution in [1.82, 2.24) is 10.3 Å². The fourth-order valence-electron chi connectivity index (χ4n) is 0.643. The second kappa shape index (κ2) is 2.98. The van der Waals surface area contributed by atoms with E-state index in [2.05, 4.69) is 17.2 Å². The van der Waals surface area contributed by atoms with E-state index < -0.39 is 0 Å². The molecule has 10 heavy (non-hydrogen) atoms. The molecule has 0 amide bonds. The summed E-state index contributed by atoms with van der Waals surface area (Å²) in [6, 6.07) is 0.356. The van der Waals surface area contributed by atoms with E-state index in [9.17, 15) is 0 Å². The molecule has 0 aliphatic heterocycles. The summed E-state index contributed by atoms with van der Waals surface area (Å²) in [5, 5.41) is 3.75. The van der Waals surface area contributed by atoms with Crippen LogP contribution in [0.4, 0.5) is 5.13 Å². The molecule has 3 nitrogen and oxygen atoms in total. The van der Waals surface area contributed by atoms with E-state index in [-0.39, 0.29) is 0 Å². The van der Waals surface area contributed by atoms with Crippen molar-refractivity contribution in [2.45, 2.75) is 13.0 Å². The number of nitrogen functional groups attached to an aromatic ring is 1. The van der Waals surface area contributed by atoms with Gasteiger partial charge in [0.05, 0.1) is 0 Å². The molecular formula is C6H11N3S. The molecule has 1 rings (SSSR count). The third kappa shape index (κ3) is 1.46. The number of nitrogens with two attached hydrogens (primary N) is 1. The van der Waals surface area contributed by atoms with E-state index in [1.165, 1.54) is 16.2 Å². The first kappa shape index (κ1) is 7.50. The molecule has 0 saturated carbocycles. The maximum atomic E-state index is 5.45. The van der Waals surface area contributed by atoms with Crippen LogP contribution in [0.2, 0.25) is 0 Å². The van der Waals surface area contributed by atoms with Crippen LogP contribution in [0.25, 0.3) is 0 Å². The number of aromatic nitrogens is 1. The Bertz CT molecular complexity index is 209. The van der Waals surface area contributed by atoms with Crippen molar-refractivity contribution >= 4 is 16.5 Å². The highest BCUT2D eigenvalue weighted by Gasteiger charge is 2.04. The Hall–Kier alpha value is -0.610. The van der Waals surface area contributed by atoms with Gasteiger partial charge in [-0.05, 0) is 14.0 Å². The van der Waals surface area contributed by atoms with Gasteiger partial charge in [-0.3, -0.25) is 0 Å². The van der Waals surface area contributed by atoms with Gasteiger partial charge in [-0.25, -0.2) is 4.98 Å². The Kier molecular flexibility index (Phi) is 2.24. The summed E-state index contributed by atoms with van der Waals surface area (Å²) in [4.78, 5) is 5.12. The molecule has 56 valence electrons. The van der Waals surface area contributed by atoms with Gasteiger partial charge in [-0.2, -0.15) is 0 Å². The number of anilines is 1. The summed E-state index contributed by atoms with van der Waals surface area (Å²) < 4.78 is 0. The standard InChI is InChI=1S/C6H11N3S/c1-4(8-2)5-3-9-6(7)10-5/h3-4,8H,1-2H3,(H2,7,9). The molecule has 1 atom stereocenters. The van der Waals surface area contributed by atoms with Crippen molar-refractivity contribution < 1.29 is 0 Å². The van der Waals surface area contributed by atoms with Crippen molar-refractivity contribution in [3.63, 3.8) is 0 Å². The van der Waals surface area contributed by atoms with Crippen LogP contribution in [0.5, 0.6) is 0 Å². The predicted molar refractivity (Wildman–Crippen MR) is 44.0 cm³/mol. The Morgan fingerprint density at radius 1 is 1.80 bits per heavy atom. The maximum Gasteiger partial charge on any atom is 0.180 e. The third-order valence-corrected chi connectivity index (χ3v) is 2.41. The summed E-state index contributed by atoms with van der Waals surface area (Å²) in [5.41, 5.74) is 5.45. The van der Waals surface area contributed by atoms with Crippen molar-refractivity contribution in [3.8, 4) is 0 Å². The molecule has 0 bridgehead atoms. The van der Waals surface area contributed by atoms with E-state index in [0.29, 0.717) is 11.2 Å². The van der Waals surface area contributed by atoms with Crippen LogP contribution in [0.15, 0.2) is 6.20 Å². The number of hydrogen-bond donors (Lipinski definition) is 2. The summed E-state index contributed by atoms with van der Waals surface area (Å²) in [6.45, 7) is 2.08. The van der Waals surface area contributed by atoms with Crippen molar-refractivity contribution in [2.75, 3.05) is 12.8 Å². The summed E-state index contributed by atoms with van der Waals surface area (Å²) in [6.07, 6.45) is 1.81. The first-order chi connectivity index (χ1) is 4.74. The largest absolute Gasteiger partial charge is 0.375 e. The lowest BCUT2D eigenvalue weighted by molar-refractivity contribution is 0.662. The first-order valence-electron chi connectivity index (χ1n) is 3.12. The van der Waals surface area contributed by atoms with E-state index in [0.717, 1.165) is 0 Å². The summed E-state index contributed by atoms with van der Waals surface area (Å²) in [7, 11) is 1.92. The van der Waals surface area contributed by atoms with Gasteiger partial charge in [-0.1, -0.05) is 0 Å². The predicted octanol–water partition coefficient (Wildman–Crippen LogP) is 1.01. The van der Waals surface area contributed by atoms with Crippen LogP contribution in [0.1, 0.15) is 17.8 Å². The highest BCUT2D eigenvalue weighted by molar-refractivity contribution is 7.15. The van der Waals surface area contributed by atoms with E-state index in [1.807, 2.05) is 7.05 Å². The summed E-state index contributed by atoms with van der Waals surface area (Å²) >= 11 is 1.52. The van der Waals surface area contributed by atoms with Gasteiger partial charge in [0.1, 0.15) is 0 Å². The van der Waals surface area contributed by atoms with E-state index in [1.54, 1.807) is 6.20 Å². The van der Waals surface area contributed by atoms with Crippen molar-refractivity contribution in [1.29, 1.82) is 0 Å². The van der Waals surface area contributed by atoms with Gasteiger partial charge >= 0.3 is 0 Å². The lowest BCUT2D eigenvalue weighted by atomic mass is 10.3. The molecule has 0 radical (unpaired) electrons. The molecule has 0 spiro atoms. The Morgan fingerprint density at radius 3 is 2.90 bits per heavy atom. The van der Waals surface area contributed by atoms with E-state index in [4.69, 9.17) is 5.73 Å². The van der Waals surface area contributed by atoms with Crippen LogP contribution in [0.3, 0.4) is 0 Å². The lowest BCUT2D eigenvalue weighted by Crippen LogP contribution is -2.10. The van der Waals surface area contributed by atoms with Crippen LogP contribution in [-0.4, -0.2) is 12.0 Å². The topological polar surface area (TPSA) is 50.9 Å². The van der Waals surface area contributed by atoms with Crippen LogP contribution < -0.4 is 11.1 Å². The number of thiazole rings is 1. The quantitative estimate of drug-likeness (QED) is 0.673. The smallest absolute Gasteiger partial charge is 0.180 e. The number of nitrogens with one attached hydrogen (secondary N) is 1. The van der Waals surface area contributed by atoms with Gasteiger partial charge in [0.2, 0.25) is 0 Å². The van der Waals surface area contributed by atoms with Crippen molar-refractivity contribution in [3.05, 3.63) is 11.1 Å². The highest BCUT2D eigenvalue weighted by atomic mass is 32.1. The fourth-order valence-corrected chi connectivity index (χ4v) is 1.39. The Labute approximate surface area is 64.3 Å². The number of hydrogen-bond acceptors (Lipinski definition) is 4. The maximum absolute atomic E-state index is 5.45. The fraction of sp³-hybridized carbons (Fsp3) is 0.500. The minimum absolute atomic E-state index is 0.356. The molecule has 0 aromatic carbocycles. The zero-order valence-electron chi connectivity index (χ0n) is 6.09. The molecule has 0 aliphatic carbocycles. The molecule has 1 heterocycles. The lowest BCUT2D eigenvalue weighted by Gasteiger charge is -2.04. The molecule has 1 aromatic rings. The second-order valence-electron chi connectivity index (χ2n) is 2.11. The molecule has 0 saturated heterocycles. The average molecular weight is 157 g/mol. The van der Waals surface area contributed by atoms with Gasteiger partial charge in [-0.15, -0.1) is 11.3 Å². The SMILES string of the molecule is CNC(C)c1cnc(N)s1. The molecule has 4 heteroatoms. The molecule has 0 fully saturated rings.